The smallest absolute Gasteiger partial charge is 0.246 e. The Balaban J connectivity index is 4.20. The van der Waals surface area contributed by atoms with Crippen molar-refractivity contribution in [3.05, 3.63) is 23.3 Å². The quantitative estimate of drug-likeness (QED) is 0.498. The van der Waals surface area contributed by atoms with E-state index in [0.29, 0.717) is 0 Å². The van der Waals surface area contributed by atoms with Crippen LogP contribution in [0.25, 0.3) is 0 Å². The Hall–Kier alpha value is -1.05. The largest absolute Gasteiger partial charge is 0.340 e. The van der Waals surface area contributed by atoms with Gasteiger partial charge in [-0.1, -0.05) is 17.2 Å². The topological polar surface area (TPSA) is 20.3 Å². The summed E-state index contributed by atoms with van der Waals surface area (Å²) in [5.41, 5.74) is 2.50. The van der Waals surface area contributed by atoms with E-state index >= 15 is 0 Å². The van der Waals surface area contributed by atoms with E-state index in [0.717, 1.165) is 31.5 Å². The molecule has 0 aliphatic carbocycles. The molecular weight excluding hydrogens is 198 g/mol. The van der Waals surface area contributed by atoms with Crippen LogP contribution in [0, 0.1) is 0 Å². The minimum atomic E-state index is 0.139. The fourth-order valence-electron chi connectivity index (χ4n) is 1.50. The van der Waals surface area contributed by atoms with Crippen LogP contribution in [0.2, 0.25) is 0 Å². The summed E-state index contributed by atoms with van der Waals surface area (Å²) in [6, 6.07) is 0. The molecule has 0 spiro atoms. The fourth-order valence-corrected chi connectivity index (χ4v) is 1.50. The van der Waals surface area contributed by atoms with Crippen LogP contribution < -0.4 is 0 Å². The molecule has 0 rings (SSSR count). The first-order valence-electron chi connectivity index (χ1n) is 6.10. The summed E-state index contributed by atoms with van der Waals surface area (Å²) in [7, 11) is 0. The van der Waals surface area contributed by atoms with E-state index in [4.69, 9.17) is 0 Å². The Morgan fingerprint density at radius 1 is 1.12 bits per heavy atom. The summed E-state index contributed by atoms with van der Waals surface area (Å²) in [5, 5.41) is 0. The van der Waals surface area contributed by atoms with E-state index in [9.17, 15) is 4.79 Å². The van der Waals surface area contributed by atoms with Gasteiger partial charge < -0.3 is 4.90 Å². The molecule has 0 heterocycles. The maximum absolute atomic E-state index is 11.7. The SMILES string of the molecule is CCN(CC)C(=O)/C=C(\C)CCC=C(C)C. The maximum atomic E-state index is 11.7. The zero-order chi connectivity index (χ0) is 12.6. The first-order valence-corrected chi connectivity index (χ1v) is 6.10. The number of carbonyl (C=O) groups excluding carboxylic acids is 1. The van der Waals surface area contributed by atoms with Crippen molar-refractivity contribution < 1.29 is 4.79 Å². The Labute approximate surface area is 100 Å². The maximum Gasteiger partial charge on any atom is 0.246 e. The lowest BCUT2D eigenvalue weighted by molar-refractivity contribution is -0.125. The van der Waals surface area contributed by atoms with Crippen LogP contribution in [0.5, 0.6) is 0 Å². The molecule has 0 aromatic carbocycles. The van der Waals surface area contributed by atoms with Gasteiger partial charge in [-0.05, 0) is 47.5 Å². The Kier molecular flexibility index (Phi) is 7.61. The second-order valence-corrected chi connectivity index (χ2v) is 4.32. The monoisotopic (exact) mass is 223 g/mol. The van der Waals surface area contributed by atoms with Gasteiger partial charge in [0.1, 0.15) is 0 Å². The van der Waals surface area contributed by atoms with E-state index in [1.807, 2.05) is 25.7 Å². The zero-order valence-corrected chi connectivity index (χ0v) is 11.3. The molecule has 2 nitrogen and oxygen atoms in total. The van der Waals surface area contributed by atoms with Gasteiger partial charge in [-0.25, -0.2) is 0 Å². The van der Waals surface area contributed by atoms with Crippen molar-refractivity contribution in [2.45, 2.75) is 47.5 Å². The number of hydrogen-bond acceptors (Lipinski definition) is 1. The van der Waals surface area contributed by atoms with E-state index in [2.05, 4.69) is 19.9 Å². The summed E-state index contributed by atoms with van der Waals surface area (Å²) in [6.07, 6.45) is 5.97. The fraction of sp³-hybridized carbons (Fsp3) is 0.643. The second kappa shape index (κ2) is 8.14. The minimum absolute atomic E-state index is 0.139. The van der Waals surface area contributed by atoms with Crippen molar-refractivity contribution in [3.63, 3.8) is 0 Å². The minimum Gasteiger partial charge on any atom is -0.340 e. The number of nitrogens with zero attached hydrogens (tertiary/aromatic N) is 1. The van der Waals surface area contributed by atoms with Gasteiger partial charge in [0.05, 0.1) is 0 Å². The average Bonchev–Trinajstić information content (AvgIpc) is 2.18. The molecule has 1 amide bonds. The van der Waals surface area contributed by atoms with E-state index in [1.165, 1.54) is 5.57 Å². The number of likely N-dealkylation sites (N-methyl/N-ethyl adjacent to an activating group) is 1. The molecule has 92 valence electrons. The molecule has 0 N–H and O–H groups in total. The zero-order valence-electron chi connectivity index (χ0n) is 11.3. The molecule has 2 heteroatoms. The van der Waals surface area contributed by atoms with Gasteiger partial charge in [0, 0.05) is 19.2 Å². The van der Waals surface area contributed by atoms with Crippen molar-refractivity contribution in [1.29, 1.82) is 0 Å². The number of hydrogen-bond donors (Lipinski definition) is 0. The van der Waals surface area contributed by atoms with Crippen LogP contribution in [0.4, 0.5) is 0 Å². The summed E-state index contributed by atoms with van der Waals surface area (Å²) >= 11 is 0. The van der Waals surface area contributed by atoms with Crippen LogP contribution in [-0.4, -0.2) is 23.9 Å². The van der Waals surface area contributed by atoms with Crippen molar-refractivity contribution >= 4 is 5.91 Å². The molecule has 0 saturated heterocycles. The first-order chi connectivity index (χ1) is 7.51. The van der Waals surface area contributed by atoms with Gasteiger partial charge >= 0.3 is 0 Å². The van der Waals surface area contributed by atoms with Crippen molar-refractivity contribution in [3.8, 4) is 0 Å². The number of rotatable bonds is 6. The summed E-state index contributed by atoms with van der Waals surface area (Å²) < 4.78 is 0. The predicted octanol–water partition coefficient (Wildman–Crippen LogP) is 3.55. The average molecular weight is 223 g/mol. The molecule has 0 saturated carbocycles. The molecule has 0 radical (unpaired) electrons. The summed E-state index contributed by atoms with van der Waals surface area (Å²) in [6.45, 7) is 11.8. The van der Waals surface area contributed by atoms with Crippen LogP contribution >= 0.6 is 0 Å². The van der Waals surface area contributed by atoms with Gasteiger partial charge in [-0.3, -0.25) is 4.79 Å². The molecule has 0 bridgehead atoms. The van der Waals surface area contributed by atoms with Crippen LogP contribution in [0.3, 0.4) is 0 Å². The Morgan fingerprint density at radius 3 is 2.12 bits per heavy atom. The molecule has 0 aromatic heterocycles. The molecule has 0 unspecified atom stereocenters. The number of amides is 1. The lowest BCUT2D eigenvalue weighted by atomic mass is 10.1. The Bertz CT molecular complexity index is 268. The molecule has 0 atom stereocenters. The first kappa shape index (κ1) is 14.9. The highest BCUT2D eigenvalue weighted by molar-refractivity contribution is 5.88. The predicted molar refractivity (Wildman–Crippen MR) is 70.4 cm³/mol. The highest BCUT2D eigenvalue weighted by Gasteiger charge is 2.05. The lowest BCUT2D eigenvalue weighted by Crippen LogP contribution is -2.28. The standard InChI is InChI=1S/C14H25NO/c1-6-15(7-2)14(16)11-13(5)10-8-9-12(3)4/h9,11H,6-8,10H2,1-5H3/b13-11+. The third-order valence-electron chi connectivity index (χ3n) is 2.54. The van der Waals surface area contributed by atoms with E-state index in [1.54, 1.807) is 6.08 Å². The summed E-state index contributed by atoms with van der Waals surface area (Å²) in [4.78, 5) is 13.6. The normalized spacial score (nSPS) is 11.2. The van der Waals surface area contributed by atoms with Gasteiger partial charge in [-0.2, -0.15) is 0 Å². The molecule has 0 aliphatic rings. The summed E-state index contributed by atoms with van der Waals surface area (Å²) in [5.74, 6) is 0.139. The van der Waals surface area contributed by atoms with Gasteiger partial charge in [0.2, 0.25) is 5.91 Å². The third-order valence-corrected chi connectivity index (χ3v) is 2.54. The molecule has 0 aromatic rings. The van der Waals surface area contributed by atoms with Crippen LogP contribution in [0.1, 0.15) is 47.5 Å². The van der Waals surface area contributed by atoms with Gasteiger partial charge in [0.15, 0.2) is 0 Å². The molecule has 0 fully saturated rings. The van der Waals surface area contributed by atoms with Crippen LogP contribution in [-0.2, 0) is 4.79 Å². The highest BCUT2D eigenvalue weighted by atomic mass is 16.2. The highest BCUT2D eigenvalue weighted by Crippen LogP contribution is 2.07. The van der Waals surface area contributed by atoms with Gasteiger partial charge in [-0.15, -0.1) is 0 Å². The second-order valence-electron chi connectivity index (χ2n) is 4.32. The van der Waals surface area contributed by atoms with Crippen LogP contribution in [0.15, 0.2) is 23.3 Å². The molecule has 0 aliphatic heterocycles. The van der Waals surface area contributed by atoms with Crippen molar-refractivity contribution in [1.82, 2.24) is 4.90 Å². The van der Waals surface area contributed by atoms with Crippen molar-refractivity contribution in [2.24, 2.45) is 0 Å². The number of carbonyl (C=O) groups is 1. The number of allylic oxidation sites excluding steroid dienone is 3. The lowest BCUT2D eigenvalue weighted by Gasteiger charge is -2.16. The molecule has 16 heavy (non-hydrogen) atoms. The van der Waals surface area contributed by atoms with Crippen molar-refractivity contribution in [2.75, 3.05) is 13.1 Å². The molecular formula is C14H25NO. The Morgan fingerprint density at radius 2 is 1.69 bits per heavy atom. The van der Waals surface area contributed by atoms with Gasteiger partial charge in [0.25, 0.3) is 0 Å². The van der Waals surface area contributed by atoms with E-state index < -0.39 is 0 Å². The third kappa shape index (κ3) is 6.44. The van der Waals surface area contributed by atoms with E-state index in [-0.39, 0.29) is 5.91 Å².